The maximum atomic E-state index is 5.33. The van der Waals surface area contributed by atoms with Crippen molar-refractivity contribution in [2.75, 3.05) is 14.2 Å². The summed E-state index contributed by atoms with van der Waals surface area (Å²) >= 11 is 0. The molecule has 3 aromatic rings. The monoisotopic (exact) mass is 289 g/mol. The zero-order valence-corrected chi connectivity index (χ0v) is 12.5. The van der Waals surface area contributed by atoms with Gasteiger partial charge in [-0.3, -0.25) is 0 Å². The Bertz CT molecular complexity index is 875. The third-order valence-electron chi connectivity index (χ3n) is 3.32. The average molecular weight is 289 g/mol. The zero-order valence-electron chi connectivity index (χ0n) is 12.5. The van der Waals surface area contributed by atoms with Crippen LogP contribution < -0.4 is 9.47 Å². The van der Waals surface area contributed by atoms with Gasteiger partial charge in [0.2, 0.25) is 0 Å². The lowest BCUT2D eigenvalue weighted by Crippen LogP contribution is -1.89. The first kappa shape index (κ1) is 14.0. The molecule has 108 valence electrons. The van der Waals surface area contributed by atoms with Gasteiger partial charge in [0.05, 0.1) is 19.7 Å². The minimum Gasteiger partial charge on any atom is -0.497 e. The molecule has 0 spiro atoms. The molecule has 0 saturated carbocycles. The molecule has 0 bridgehead atoms. The van der Waals surface area contributed by atoms with Crippen LogP contribution >= 0.6 is 0 Å². The van der Waals surface area contributed by atoms with Gasteiger partial charge >= 0.3 is 0 Å². The predicted molar refractivity (Wildman–Crippen MR) is 87.3 cm³/mol. The van der Waals surface area contributed by atoms with Gasteiger partial charge in [-0.1, -0.05) is 18.1 Å². The minimum absolute atomic E-state index is 0.726. The summed E-state index contributed by atoms with van der Waals surface area (Å²) in [4.78, 5) is 4.56. The highest BCUT2D eigenvalue weighted by Crippen LogP contribution is 2.23. The molecule has 0 amide bonds. The number of nitrogens with zero attached hydrogens (tertiary/aromatic N) is 1. The minimum atomic E-state index is 0.726. The second kappa shape index (κ2) is 6.19. The highest BCUT2D eigenvalue weighted by Gasteiger charge is 2.02. The van der Waals surface area contributed by atoms with Crippen LogP contribution in [0, 0.1) is 11.8 Å². The van der Waals surface area contributed by atoms with E-state index in [4.69, 9.17) is 9.47 Å². The quantitative estimate of drug-likeness (QED) is 0.675. The molecule has 0 saturated heterocycles. The number of methoxy groups -OCH3 is 2. The van der Waals surface area contributed by atoms with E-state index >= 15 is 0 Å². The standard InChI is InChI=1S/C19H15NO2/c1-21-16-6-3-5-14(13-16)9-10-15-11-12-17-18(20-15)7-4-8-19(17)22-2/h3-8,11-13H,1-2H3. The normalized spacial score (nSPS) is 9.91. The molecule has 0 N–H and O–H groups in total. The van der Waals surface area contributed by atoms with Crippen LogP contribution in [0.4, 0.5) is 0 Å². The van der Waals surface area contributed by atoms with Crippen LogP contribution in [0.5, 0.6) is 11.5 Å². The van der Waals surface area contributed by atoms with Crippen LogP contribution in [0.2, 0.25) is 0 Å². The molecule has 0 atom stereocenters. The summed E-state index contributed by atoms with van der Waals surface area (Å²) in [5.74, 6) is 7.80. The zero-order chi connectivity index (χ0) is 15.4. The van der Waals surface area contributed by atoms with Crippen LogP contribution in [-0.2, 0) is 0 Å². The topological polar surface area (TPSA) is 31.4 Å². The van der Waals surface area contributed by atoms with Gasteiger partial charge in [-0.25, -0.2) is 4.98 Å². The van der Waals surface area contributed by atoms with E-state index in [1.807, 2.05) is 54.6 Å². The van der Waals surface area contributed by atoms with Crippen molar-refractivity contribution in [2.45, 2.75) is 0 Å². The number of rotatable bonds is 2. The molecule has 3 nitrogen and oxygen atoms in total. The first-order valence-corrected chi connectivity index (χ1v) is 6.90. The Morgan fingerprint density at radius 2 is 1.73 bits per heavy atom. The highest BCUT2D eigenvalue weighted by atomic mass is 16.5. The third-order valence-corrected chi connectivity index (χ3v) is 3.32. The molecular weight excluding hydrogens is 274 g/mol. The van der Waals surface area contributed by atoms with Crippen molar-refractivity contribution < 1.29 is 9.47 Å². The Kier molecular flexibility index (Phi) is 3.93. The van der Waals surface area contributed by atoms with Gasteiger partial charge in [0.25, 0.3) is 0 Å². The van der Waals surface area contributed by atoms with Crippen molar-refractivity contribution in [3.05, 3.63) is 65.9 Å². The summed E-state index contributed by atoms with van der Waals surface area (Å²) in [6.45, 7) is 0. The van der Waals surface area contributed by atoms with Gasteiger partial charge < -0.3 is 9.47 Å². The fraction of sp³-hybridized carbons (Fsp3) is 0.105. The molecule has 0 unspecified atom stereocenters. The fourth-order valence-corrected chi connectivity index (χ4v) is 2.21. The van der Waals surface area contributed by atoms with Gasteiger partial charge in [-0.15, -0.1) is 0 Å². The lowest BCUT2D eigenvalue weighted by Gasteiger charge is -2.04. The number of hydrogen-bond donors (Lipinski definition) is 0. The molecule has 1 heterocycles. The fourth-order valence-electron chi connectivity index (χ4n) is 2.21. The van der Waals surface area contributed by atoms with Crippen LogP contribution in [0.25, 0.3) is 10.9 Å². The molecule has 0 aliphatic heterocycles. The summed E-state index contributed by atoms with van der Waals surface area (Å²) in [6.07, 6.45) is 0. The summed E-state index contributed by atoms with van der Waals surface area (Å²) in [5.41, 5.74) is 2.49. The Balaban J connectivity index is 1.96. The number of pyridine rings is 1. The van der Waals surface area contributed by atoms with Crippen LogP contribution in [0.15, 0.2) is 54.6 Å². The average Bonchev–Trinajstić information content (AvgIpc) is 2.59. The van der Waals surface area contributed by atoms with Crippen molar-refractivity contribution in [3.8, 4) is 23.3 Å². The van der Waals surface area contributed by atoms with E-state index in [1.165, 1.54) is 0 Å². The molecule has 0 aliphatic rings. The van der Waals surface area contributed by atoms with E-state index in [1.54, 1.807) is 14.2 Å². The highest BCUT2D eigenvalue weighted by molar-refractivity contribution is 5.85. The van der Waals surface area contributed by atoms with E-state index in [-0.39, 0.29) is 0 Å². The van der Waals surface area contributed by atoms with E-state index in [0.29, 0.717) is 0 Å². The number of ether oxygens (including phenoxy) is 2. The molecule has 2 aromatic carbocycles. The van der Waals surface area contributed by atoms with Gasteiger partial charge in [0, 0.05) is 10.9 Å². The summed E-state index contributed by atoms with van der Waals surface area (Å²) in [5, 5.41) is 0.983. The Labute approximate surface area is 129 Å². The molecule has 0 fully saturated rings. The Morgan fingerprint density at radius 1 is 0.864 bits per heavy atom. The van der Waals surface area contributed by atoms with Gasteiger partial charge in [-0.05, 0) is 48.4 Å². The van der Waals surface area contributed by atoms with Crippen molar-refractivity contribution in [1.82, 2.24) is 4.98 Å². The van der Waals surface area contributed by atoms with Crippen LogP contribution in [0.3, 0.4) is 0 Å². The summed E-state index contributed by atoms with van der Waals surface area (Å²) in [6, 6.07) is 17.3. The van der Waals surface area contributed by atoms with Crippen LogP contribution in [-0.4, -0.2) is 19.2 Å². The third kappa shape index (κ3) is 2.87. The van der Waals surface area contributed by atoms with Gasteiger partial charge in [0.1, 0.15) is 17.2 Å². The van der Waals surface area contributed by atoms with Gasteiger partial charge in [-0.2, -0.15) is 0 Å². The molecular formula is C19H15NO2. The Morgan fingerprint density at radius 3 is 2.55 bits per heavy atom. The van der Waals surface area contributed by atoms with E-state index in [0.717, 1.165) is 33.7 Å². The van der Waals surface area contributed by atoms with E-state index in [9.17, 15) is 0 Å². The summed E-state index contributed by atoms with van der Waals surface area (Å²) < 4.78 is 10.5. The van der Waals surface area contributed by atoms with E-state index in [2.05, 4.69) is 16.8 Å². The first-order chi connectivity index (χ1) is 10.8. The maximum absolute atomic E-state index is 5.33. The number of aromatic nitrogens is 1. The van der Waals surface area contributed by atoms with Crippen molar-refractivity contribution >= 4 is 10.9 Å². The van der Waals surface area contributed by atoms with Crippen LogP contribution in [0.1, 0.15) is 11.3 Å². The lowest BCUT2D eigenvalue weighted by atomic mass is 10.1. The first-order valence-electron chi connectivity index (χ1n) is 6.90. The molecule has 0 radical (unpaired) electrons. The second-order valence-electron chi connectivity index (χ2n) is 4.71. The number of benzene rings is 2. The van der Waals surface area contributed by atoms with Crippen molar-refractivity contribution in [3.63, 3.8) is 0 Å². The molecule has 0 aliphatic carbocycles. The molecule has 3 heteroatoms. The maximum Gasteiger partial charge on any atom is 0.128 e. The second-order valence-corrected chi connectivity index (χ2v) is 4.71. The molecule has 3 rings (SSSR count). The molecule has 1 aromatic heterocycles. The Hall–Kier alpha value is -2.99. The van der Waals surface area contributed by atoms with Crippen molar-refractivity contribution in [2.24, 2.45) is 0 Å². The summed E-state index contributed by atoms with van der Waals surface area (Å²) in [7, 11) is 3.30. The predicted octanol–water partition coefficient (Wildman–Crippen LogP) is 3.65. The largest absolute Gasteiger partial charge is 0.497 e. The van der Waals surface area contributed by atoms with E-state index < -0.39 is 0 Å². The number of fused-ring (bicyclic) bond motifs is 1. The van der Waals surface area contributed by atoms with Crippen molar-refractivity contribution in [1.29, 1.82) is 0 Å². The van der Waals surface area contributed by atoms with Gasteiger partial charge in [0.15, 0.2) is 0 Å². The SMILES string of the molecule is COc1cccc(C#Cc2ccc3c(OC)cccc3n2)c1. The smallest absolute Gasteiger partial charge is 0.128 e. The number of hydrogen-bond acceptors (Lipinski definition) is 3. The molecule has 22 heavy (non-hydrogen) atoms. The lowest BCUT2D eigenvalue weighted by molar-refractivity contribution is 0.414.